The first-order valence-electron chi connectivity index (χ1n) is 5.43. The Morgan fingerprint density at radius 2 is 1.35 bits per heavy atom. The van der Waals surface area contributed by atoms with Gasteiger partial charge in [-0.1, -0.05) is 36.4 Å². The molecular weight excluding hydrogens is 212 g/mol. The van der Waals surface area contributed by atoms with Crippen LogP contribution in [0.1, 0.15) is 0 Å². The van der Waals surface area contributed by atoms with E-state index in [-0.39, 0.29) is 0 Å². The first-order chi connectivity index (χ1) is 8.43. The van der Waals surface area contributed by atoms with Crippen LogP contribution in [0, 0.1) is 0 Å². The normalized spacial score (nSPS) is 10.4. The van der Waals surface area contributed by atoms with Crippen molar-refractivity contribution in [3.63, 3.8) is 0 Å². The monoisotopic (exact) mass is 223 g/mol. The van der Waals surface area contributed by atoms with Crippen molar-refractivity contribution in [3.05, 3.63) is 60.7 Å². The minimum Gasteiger partial charge on any atom is -0.212 e. The van der Waals surface area contributed by atoms with E-state index in [0.717, 1.165) is 17.0 Å². The Labute approximate surface area is 98.7 Å². The van der Waals surface area contributed by atoms with Gasteiger partial charge in [0.1, 0.15) is 0 Å². The van der Waals surface area contributed by atoms with Crippen LogP contribution in [0.2, 0.25) is 0 Å². The number of H-pyrrole nitrogens is 1. The van der Waals surface area contributed by atoms with E-state index in [0.29, 0.717) is 5.89 Å². The van der Waals surface area contributed by atoms with Crippen molar-refractivity contribution in [1.82, 2.24) is 5.16 Å². The number of aromatic nitrogens is 2. The molecule has 0 aliphatic carbocycles. The second-order valence-corrected chi connectivity index (χ2v) is 3.72. The van der Waals surface area contributed by atoms with Crippen LogP contribution >= 0.6 is 0 Å². The van der Waals surface area contributed by atoms with Crippen LogP contribution in [0.4, 0.5) is 0 Å². The summed E-state index contributed by atoms with van der Waals surface area (Å²) in [5.41, 5.74) is 2.00. The predicted molar refractivity (Wildman–Crippen MR) is 63.9 cm³/mol. The van der Waals surface area contributed by atoms with E-state index in [1.165, 1.54) is 0 Å². The SMILES string of the molecule is c1ccc(-c2noc(-c3ccccc3)[nH+]2)cc1. The maximum atomic E-state index is 5.30. The van der Waals surface area contributed by atoms with E-state index in [1.807, 2.05) is 60.7 Å². The largest absolute Gasteiger partial charge is 0.378 e. The molecule has 0 saturated carbocycles. The summed E-state index contributed by atoms with van der Waals surface area (Å²) < 4.78 is 5.30. The molecule has 0 saturated heterocycles. The van der Waals surface area contributed by atoms with Gasteiger partial charge < -0.3 is 0 Å². The molecular formula is C14H11N2O+. The van der Waals surface area contributed by atoms with Crippen molar-refractivity contribution < 1.29 is 9.51 Å². The molecule has 17 heavy (non-hydrogen) atoms. The molecule has 1 N–H and O–H groups in total. The van der Waals surface area contributed by atoms with Gasteiger partial charge in [0.25, 0.3) is 0 Å². The highest BCUT2D eigenvalue weighted by Gasteiger charge is 2.17. The summed E-state index contributed by atoms with van der Waals surface area (Å²) in [5, 5.41) is 4.03. The number of nitrogens with one attached hydrogen (secondary N) is 1. The van der Waals surface area contributed by atoms with Crippen molar-refractivity contribution in [2.75, 3.05) is 0 Å². The van der Waals surface area contributed by atoms with Gasteiger partial charge in [-0.3, -0.25) is 0 Å². The van der Waals surface area contributed by atoms with E-state index in [2.05, 4.69) is 10.1 Å². The minimum atomic E-state index is 0.671. The molecule has 3 rings (SSSR count). The van der Waals surface area contributed by atoms with Crippen molar-refractivity contribution in [3.8, 4) is 22.8 Å². The Hall–Kier alpha value is -2.42. The summed E-state index contributed by atoms with van der Waals surface area (Å²) in [4.78, 5) is 3.17. The van der Waals surface area contributed by atoms with Crippen molar-refractivity contribution in [2.45, 2.75) is 0 Å². The highest BCUT2D eigenvalue weighted by atomic mass is 16.5. The smallest absolute Gasteiger partial charge is 0.212 e. The van der Waals surface area contributed by atoms with Gasteiger partial charge in [0.05, 0.1) is 11.1 Å². The highest BCUT2D eigenvalue weighted by molar-refractivity contribution is 5.54. The molecule has 82 valence electrons. The number of rotatable bonds is 2. The molecule has 0 unspecified atom stereocenters. The lowest BCUT2D eigenvalue weighted by atomic mass is 10.2. The zero-order valence-electron chi connectivity index (χ0n) is 9.13. The van der Waals surface area contributed by atoms with Gasteiger partial charge in [0, 0.05) is 0 Å². The standard InChI is InChI=1S/C14H10N2O/c1-3-7-11(8-4-1)13-15-14(17-16-13)12-9-5-2-6-10-12/h1-10H/p+1. The summed E-state index contributed by atoms with van der Waals surface area (Å²) in [7, 11) is 0. The van der Waals surface area contributed by atoms with Crippen LogP contribution < -0.4 is 4.98 Å². The molecule has 3 aromatic rings. The predicted octanol–water partition coefficient (Wildman–Crippen LogP) is 2.82. The minimum absolute atomic E-state index is 0.671. The lowest BCUT2D eigenvalue weighted by molar-refractivity contribution is -0.356. The zero-order valence-corrected chi connectivity index (χ0v) is 9.13. The van der Waals surface area contributed by atoms with Crippen molar-refractivity contribution in [2.24, 2.45) is 0 Å². The van der Waals surface area contributed by atoms with Gasteiger partial charge in [-0.2, -0.15) is 4.98 Å². The first kappa shape index (κ1) is 9.78. The summed E-state index contributed by atoms with van der Waals surface area (Å²) in [5.74, 6) is 1.41. The van der Waals surface area contributed by atoms with E-state index in [9.17, 15) is 0 Å². The molecule has 0 amide bonds. The average molecular weight is 223 g/mol. The van der Waals surface area contributed by atoms with Gasteiger partial charge in [-0.05, 0) is 24.3 Å². The quantitative estimate of drug-likeness (QED) is 0.670. The molecule has 0 fully saturated rings. The van der Waals surface area contributed by atoms with E-state index in [1.54, 1.807) is 0 Å². The molecule has 1 aromatic heterocycles. The van der Waals surface area contributed by atoms with Gasteiger partial charge in [0.15, 0.2) is 5.16 Å². The molecule has 0 bridgehead atoms. The molecule has 3 heteroatoms. The summed E-state index contributed by atoms with van der Waals surface area (Å²) in [6.07, 6.45) is 0. The number of hydrogen-bond acceptors (Lipinski definition) is 2. The topological polar surface area (TPSA) is 40.2 Å². The Bertz CT molecular complexity index is 548. The molecule has 0 aliphatic heterocycles. The van der Waals surface area contributed by atoms with Crippen LogP contribution in [0.15, 0.2) is 65.2 Å². The summed E-state index contributed by atoms with van der Waals surface area (Å²) >= 11 is 0. The van der Waals surface area contributed by atoms with Gasteiger partial charge >= 0.3 is 11.7 Å². The fraction of sp³-hybridized carbons (Fsp3) is 0. The number of nitrogens with zero attached hydrogens (tertiary/aromatic N) is 1. The van der Waals surface area contributed by atoms with E-state index in [4.69, 9.17) is 4.52 Å². The third-order valence-electron chi connectivity index (χ3n) is 2.54. The molecule has 0 aliphatic rings. The van der Waals surface area contributed by atoms with Crippen LogP contribution in [0.25, 0.3) is 22.8 Å². The molecule has 2 aromatic carbocycles. The van der Waals surface area contributed by atoms with Gasteiger partial charge in [0.2, 0.25) is 0 Å². The average Bonchev–Trinajstić information content (AvgIpc) is 2.90. The number of hydrogen-bond donors (Lipinski definition) is 0. The van der Waals surface area contributed by atoms with Crippen molar-refractivity contribution >= 4 is 0 Å². The second kappa shape index (κ2) is 4.22. The Balaban J connectivity index is 1.99. The zero-order chi connectivity index (χ0) is 11.5. The molecule has 0 radical (unpaired) electrons. The Morgan fingerprint density at radius 1 is 0.765 bits per heavy atom. The second-order valence-electron chi connectivity index (χ2n) is 3.72. The van der Waals surface area contributed by atoms with Gasteiger partial charge in [-0.15, -0.1) is 0 Å². The van der Waals surface area contributed by atoms with Crippen molar-refractivity contribution in [1.29, 1.82) is 0 Å². The lowest BCUT2D eigenvalue weighted by Crippen LogP contribution is -2.05. The molecule has 0 spiro atoms. The lowest BCUT2D eigenvalue weighted by Gasteiger charge is -1.88. The maximum Gasteiger partial charge on any atom is 0.378 e. The van der Waals surface area contributed by atoms with E-state index < -0.39 is 0 Å². The van der Waals surface area contributed by atoms with Gasteiger partial charge in [-0.25, -0.2) is 4.52 Å². The number of aromatic amines is 1. The fourth-order valence-electron chi connectivity index (χ4n) is 1.68. The molecule has 1 heterocycles. The fourth-order valence-corrected chi connectivity index (χ4v) is 1.68. The van der Waals surface area contributed by atoms with E-state index >= 15 is 0 Å². The number of benzene rings is 2. The molecule has 0 atom stereocenters. The van der Waals surface area contributed by atoms with Crippen LogP contribution in [-0.4, -0.2) is 5.16 Å². The summed E-state index contributed by atoms with van der Waals surface area (Å²) in [6.45, 7) is 0. The van der Waals surface area contributed by atoms with Crippen LogP contribution in [-0.2, 0) is 0 Å². The third-order valence-corrected chi connectivity index (χ3v) is 2.54. The molecule has 3 nitrogen and oxygen atoms in total. The first-order valence-corrected chi connectivity index (χ1v) is 5.43. The Morgan fingerprint density at radius 3 is 2.00 bits per heavy atom. The maximum absolute atomic E-state index is 5.30. The Kier molecular flexibility index (Phi) is 2.43. The van der Waals surface area contributed by atoms with Crippen LogP contribution in [0.3, 0.4) is 0 Å². The van der Waals surface area contributed by atoms with Crippen LogP contribution in [0.5, 0.6) is 0 Å². The highest BCUT2D eigenvalue weighted by Crippen LogP contribution is 2.17. The summed E-state index contributed by atoms with van der Waals surface area (Å²) in [6, 6.07) is 19.8. The third kappa shape index (κ3) is 1.95.